The van der Waals surface area contributed by atoms with Crippen molar-refractivity contribution in [3.8, 4) is 0 Å². The summed E-state index contributed by atoms with van der Waals surface area (Å²) in [4.78, 5) is 0. The zero-order chi connectivity index (χ0) is 9.14. The van der Waals surface area contributed by atoms with Gasteiger partial charge < -0.3 is 0 Å². The van der Waals surface area contributed by atoms with Gasteiger partial charge in [0.2, 0.25) is 0 Å². The summed E-state index contributed by atoms with van der Waals surface area (Å²) in [7, 11) is 0. The lowest BCUT2D eigenvalue weighted by atomic mass is 9.79. The van der Waals surface area contributed by atoms with Crippen LogP contribution in [0.15, 0.2) is 36.5 Å². The highest BCUT2D eigenvalue weighted by Gasteiger charge is 2.19. The van der Waals surface area contributed by atoms with E-state index in [2.05, 4.69) is 39.2 Å². The van der Waals surface area contributed by atoms with E-state index in [1.54, 1.807) is 0 Å². The van der Waals surface area contributed by atoms with Gasteiger partial charge in [-0.25, -0.2) is 0 Å². The molecule has 0 spiro atoms. The van der Waals surface area contributed by atoms with Crippen molar-refractivity contribution >= 4 is 0 Å². The van der Waals surface area contributed by atoms with Crippen LogP contribution in [-0.4, -0.2) is 0 Å². The van der Waals surface area contributed by atoms with Gasteiger partial charge in [0.25, 0.3) is 0 Å². The molecule has 0 bridgehead atoms. The first-order valence-electron chi connectivity index (χ1n) is 4.62. The lowest BCUT2D eigenvalue weighted by molar-refractivity contribution is 0.411. The third-order valence-electron chi connectivity index (χ3n) is 2.76. The SMILES string of the molecule is C=CC1CC=C(C(=C)C)CC1C. The average Bonchev–Trinajstić information content (AvgIpc) is 2.04. The predicted molar refractivity (Wildman–Crippen MR) is 55.0 cm³/mol. The first-order chi connectivity index (χ1) is 5.65. The fourth-order valence-corrected chi connectivity index (χ4v) is 1.77. The van der Waals surface area contributed by atoms with Gasteiger partial charge in [-0.2, -0.15) is 0 Å². The van der Waals surface area contributed by atoms with Gasteiger partial charge in [-0.3, -0.25) is 0 Å². The van der Waals surface area contributed by atoms with Crippen LogP contribution in [-0.2, 0) is 0 Å². The molecule has 0 saturated heterocycles. The first-order valence-corrected chi connectivity index (χ1v) is 4.62. The lowest BCUT2D eigenvalue weighted by Crippen LogP contribution is -2.14. The van der Waals surface area contributed by atoms with E-state index in [1.807, 2.05) is 0 Å². The van der Waals surface area contributed by atoms with Gasteiger partial charge in [-0.05, 0) is 37.2 Å². The molecule has 1 aliphatic carbocycles. The second kappa shape index (κ2) is 3.75. The largest absolute Gasteiger partial charge is 0.103 e. The molecule has 0 aromatic heterocycles. The molecule has 0 aliphatic heterocycles. The summed E-state index contributed by atoms with van der Waals surface area (Å²) in [5, 5.41) is 0. The summed E-state index contributed by atoms with van der Waals surface area (Å²) in [6, 6.07) is 0. The van der Waals surface area contributed by atoms with Crippen molar-refractivity contribution < 1.29 is 0 Å². The van der Waals surface area contributed by atoms with Gasteiger partial charge in [0.1, 0.15) is 0 Å². The number of hydrogen-bond acceptors (Lipinski definition) is 0. The summed E-state index contributed by atoms with van der Waals surface area (Å²) < 4.78 is 0. The average molecular weight is 162 g/mol. The molecule has 0 saturated carbocycles. The number of rotatable bonds is 2. The van der Waals surface area contributed by atoms with E-state index >= 15 is 0 Å². The first kappa shape index (κ1) is 9.31. The highest BCUT2D eigenvalue weighted by molar-refractivity contribution is 5.28. The van der Waals surface area contributed by atoms with E-state index in [1.165, 1.54) is 17.6 Å². The van der Waals surface area contributed by atoms with Gasteiger partial charge in [-0.15, -0.1) is 6.58 Å². The summed E-state index contributed by atoms with van der Waals surface area (Å²) in [5.41, 5.74) is 2.67. The number of allylic oxidation sites excluding steroid dienone is 4. The molecule has 0 heteroatoms. The Morgan fingerprint density at radius 1 is 1.67 bits per heavy atom. The molecule has 0 nitrogen and oxygen atoms in total. The Morgan fingerprint density at radius 2 is 2.33 bits per heavy atom. The highest BCUT2D eigenvalue weighted by atomic mass is 14.2. The molecule has 0 amide bonds. The Kier molecular flexibility index (Phi) is 2.91. The van der Waals surface area contributed by atoms with Crippen LogP contribution in [0.1, 0.15) is 26.7 Å². The zero-order valence-corrected chi connectivity index (χ0v) is 8.14. The highest BCUT2D eigenvalue weighted by Crippen LogP contribution is 2.32. The molecule has 0 heterocycles. The van der Waals surface area contributed by atoms with Crippen LogP contribution in [0.3, 0.4) is 0 Å². The number of hydrogen-bond donors (Lipinski definition) is 0. The Bertz CT molecular complexity index is 220. The second-order valence-corrected chi connectivity index (χ2v) is 3.83. The van der Waals surface area contributed by atoms with Crippen molar-refractivity contribution in [1.82, 2.24) is 0 Å². The van der Waals surface area contributed by atoms with E-state index in [9.17, 15) is 0 Å². The van der Waals surface area contributed by atoms with Crippen LogP contribution in [0.4, 0.5) is 0 Å². The van der Waals surface area contributed by atoms with Crippen molar-refractivity contribution in [3.05, 3.63) is 36.5 Å². The zero-order valence-electron chi connectivity index (χ0n) is 8.14. The molecule has 12 heavy (non-hydrogen) atoms. The minimum absolute atomic E-state index is 0.674. The molecule has 0 aromatic carbocycles. The molecular formula is C12H18. The summed E-state index contributed by atoms with van der Waals surface area (Å²) >= 11 is 0. The molecule has 66 valence electrons. The van der Waals surface area contributed by atoms with Crippen molar-refractivity contribution in [2.24, 2.45) is 11.8 Å². The van der Waals surface area contributed by atoms with Crippen molar-refractivity contribution in [1.29, 1.82) is 0 Å². The predicted octanol–water partition coefficient (Wildman–Crippen LogP) is 3.72. The second-order valence-electron chi connectivity index (χ2n) is 3.83. The standard InChI is InChI=1S/C12H18/c1-5-11-6-7-12(9(2)3)8-10(11)4/h5,7,10-11H,1-2,6,8H2,3-4H3. The van der Waals surface area contributed by atoms with Gasteiger partial charge in [-0.1, -0.05) is 31.2 Å². The Balaban J connectivity index is 2.70. The lowest BCUT2D eigenvalue weighted by Gasteiger charge is -2.26. The molecule has 0 fully saturated rings. The van der Waals surface area contributed by atoms with Gasteiger partial charge >= 0.3 is 0 Å². The maximum atomic E-state index is 3.97. The van der Waals surface area contributed by atoms with E-state index in [0.29, 0.717) is 5.92 Å². The van der Waals surface area contributed by atoms with Crippen molar-refractivity contribution in [2.75, 3.05) is 0 Å². The molecule has 1 aliphatic rings. The van der Waals surface area contributed by atoms with E-state index in [4.69, 9.17) is 0 Å². The normalized spacial score (nSPS) is 29.3. The Hall–Kier alpha value is -0.780. The summed E-state index contributed by atoms with van der Waals surface area (Å²) in [6.45, 7) is 12.2. The molecule has 2 unspecified atom stereocenters. The summed E-state index contributed by atoms with van der Waals surface area (Å²) in [6.07, 6.45) is 6.71. The Labute approximate surface area is 75.7 Å². The third-order valence-corrected chi connectivity index (χ3v) is 2.76. The van der Waals surface area contributed by atoms with Crippen LogP contribution in [0.2, 0.25) is 0 Å². The van der Waals surface area contributed by atoms with Crippen LogP contribution in [0, 0.1) is 11.8 Å². The maximum absolute atomic E-state index is 3.97. The fourth-order valence-electron chi connectivity index (χ4n) is 1.77. The molecule has 1 rings (SSSR count). The Morgan fingerprint density at radius 3 is 2.75 bits per heavy atom. The van der Waals surface area contributed by atoms with Crippen LogP contribution >= 0.6 is 0 Å². The van der Waals surface area contributed by atoms with E-state index in [0.717, 1.165) is 12.3 Å². The monoisotopic (exact) mass is 162 g/mol. The minimum Gasteiger partial charge on any atom is -0.103 e. The van der Waals surface area contributed by atoms with Crippen LogP contribution in [0.25, 0.3) is 0 Å². The smallest absolute Gasteiger partial charge is 0.0172 e. The van der Waals surface area contributed by atoms with Crippen LogP contribution < -0.4 is 0 Å². The van der Waals surface area contributed by atoms with E-state index in [-0.39, 0.29) is 0 Å². The molecule has 0 radical (unpaired) electrons. The minimum atomic E-state index is 0.674. The fraction of sp³-hybridized carbons (Fsp3) is 0.500. The molecule has 0 aromatic rings. The van der Waals surface area contributed by atoms with Crippen molar-refractivity contribution in [2.45, 2.75) is 26.7 Å². The quantitative estimate of drug-likeness (QED) is 0.543. The molecule has 0 N–H and O–H groups in total. The van der Waals surface area contributed by atoms with Gasteiger partial charge in [0, 0.05) is 0 Å². The van der Waals surface area contributed by atoms with Crippen LogP contribution in [0.5, 0.6) is 0 Å². The van der Waals surface area contributed by atoms with Crippen molar-refractivity contribution in [3.63, 3.8) is 0 Å². The van der Waals surface area contributed by atoms with Gasteiger partial charge in [0.15, 0.2) is 0 Å². The third kappa shape index (κ3) is 1.88. The topological polar surface area (TPSA) is 0 Å². The maximum Gasteiger partial charge on any atom is -0.0172 e. The van der Waals surface area contributed by atoms with E-state index < -0.39 is 0 Å². The van der Waals surface area contributed by atoms with Gasteiger partial charge in [0.05, 0.1) is 0 Å². The summed E-state index contributed by atoms with van der Waals surface area (Å²) in [5.74, 6) is 1.41. The molecular weight excluding hydrogens is 144 g/mol. The molecule has 2 atom stereocenters.